The van der Waals surface area contributed by atoms with Crippen LogP contribution >= 0.6 is 0 Å². The van der Waals surface area contributed by atoms with Crippen LogP contribution in [-0.4, -0.2) is 29.7 Å². The molecule has 0 radical (unpaired) electrons. The maximum absolute atomic E-state index is 13.2. The molecule has 0 bridgehead atoms. The highest BCUT2D eigenvalue weighted by Crippen LogP contribution is 2.08. The van der Waals surface area contributed by atoms with Crippen molar-refractivity contribution in [2.75, 3.05) is 6.61 Å². The molecule has 19 heavy (non-hydrogen) atoms. The van der Waals surface area contributed by atoms with Crippen LogP contribution in [0.1, 0.15) is 18.1 Å². The predicted octanol–water partition coefficient (Wildman–Crippen LogP) is 1.24. The van der Waals surface area contributed by atoms with Gasteiger partial charge in [0.05, 0.1) is 0 Å². The Bertz CT molecular complexity index is 476. The number of amides is 1. The summed E-state index contributed by atoms with van der Waals surface area (Å²) in [5.41, 5.74) is 1.16. The molecule has 2 N–H and O–H groups in total. The van der Waals surface area contributed by atoms with Crippen LogP contribution in [0.15, 0.2) is 18.2 Å². The number of hydrogen-bond donors (Lipinski definition) is 2. The quantitative estimate of drug-likeness (QED) is 0.814. The Morgan fingerprint density at radius 3 is 2.74 bits per heavy atom. The molecule has 0 aliphatic heterocycles. The van der Waals surface area contributed by atoms with Gasteiger partial charge in [-0.2, -0.15) is 0 Å². The Hall–Kier alpha value is -1.95. The molecule has 0 aliphatic carbocycles. The minimum absolute atomic E-state index is 0.168. The highest BCUT2D eigenvalue weighted by molar-refractivity contribution is 5.78. The fraction of sp³-hybridized carbons (Fsp3) is 0.385. The van der Waals surface area contributed by atoms with Crippen molar-refractivity contribution in [3.63, 3.8) is 0 Å². The van der Waals surface area contributed by atoms with Gasteiger partial charge in [-0.25, -0.2) is 9.18 Å². The molecule has 0 saturated carbocycles. The summed E-state index contributed by atoms with van der Waals surface area (Å²) in [6.07, 6.45) is -1.04. The fourth-order valence-corrected chi connectivity index (χ4v) is 1.27. The Balaban J connectivity index is 2.37. The molecule has 0 heterocycles. The second-order valence-electron chi connectivity index (χ2n) is 4.15. The SMILES string of the molecule is Cc1ccc(CNC(=O)CO[C@H](C)C(=O)O)cc1F. The molecule has 0 spiro atoms. The Labute approximate surface area is 110 Å². The average molecular weight is 269 g/mol. The largest absolute Gasteiger partial charge is 0.479 e. The standard InChI is InChI=1S/C13H16FNO4/c1-8-3-4-10(5-11(8)14)6-15-12(16)7-19-9(2)13(17)18/h3-5,9H,6-7H2,1-2H3,(H,15,16)(H,17,18)/t9-/m1/s1. The van der Waals surface area contributed by atoms with E-state index in [4.69, 9.17) is 9.84 Å². The molecule has 0 fully saturated rings. The summed E-state index contributed by atoms with van der Waals surface area (Å²) in [6.45, 7) is 2.81. The molecular weight excluding hydrogens is 253 g/mol. The smallest absolute Gasteiger partial charge is 0.332 e. The number of nitrogens with one attached hydrogen (secondary N) is 1. The third kappa shape index (κ3) is 5.05. The molecule has 0 aliphatic rings. The number of benzene rings is 1. The molecule has 0 saturated heterocycles. The van der Waals surface area contributed by atoms with E-state index < -0.39 is 18.0 Å². The first-order chi connectivity index (χ1) is 8.90. The van der Waals surface area contributed by atoms with Crippen molar-refractivity contribution in [3.8, 4) is 0 Å². The highest BCUT2D eigenvalue weighted by Gasteiger charge is 2.13. The molecule has 1 aromatic carbocycles. The van der Waals surface area contributed by atoms with Gasteiger partial charge in [0.1, 0.15) is 12.4 Å². The van der Waals surface area contributed by atoms with Gasteiger partial charge in [-0.3, -0.25) is 4.79 Å². The van der Waals surface area contributed by atoms with Crippen LogP contribution in [0.2, 0.25) is 0 Å². The van der Waals surface area contributed by atoms with E-state index in [0.29, 0.717) is 11.1 Å². The van der Waals surface area contributed by atoms with Crippen LogP contribution in [-0.2, 0) is 20.9 Å². The summed E-state index contributed by atoms with van der Waals surface area (Å²) in [5.74, 6) is -1.91. The maximum atomic E-state index is 13.2. The third-order valence-electron chi connectivity index (χ3n) is 2.54. The summed E-state index contributed by atoms with van der Waals surface area (Å²) in [7, 11) is 0. The lowest BCUT2D eigenvalue weighted by atomic mass is 10.1. The minimum atomic E-state index is -1.13. The number of aryl methyl sites for hydroxylation is 1. The summed E-state index contributed by atoms with van der Waals surface area (Å²) < 4.78 is 18.1. The molecule has 1 amide bonds. The zero-order chi connectivity index (χ0) is 14.4. The normalized spacial score (nSPS) is 11.9. The van der Waals surface area contributed by atoms with E-state index in [1.165, 1.54) is 13.0 Å². The minimum Gasteiger partial charge on any atom is -0.479 e. The van der Waals surface area contributed by atoms with Crippen molar-refractivity contribution in [3.05, 3.63) is 35.1 Å². The summed E-state index contributed by atoms with van der Waals surface area (Å²) in [4.78, 5) is 21.8. The lowest BCUT2D eigenvalue weighted by Gasteiger charge is -2.09. The number of carboxylic acid groups (broad SMARTS) is 1. The Kier molecular flexibility index (Phi) is 5.44. The number of carboxylic acids is 1. The Morgan fingerprint density at radius 2 is 2.16 bits per heavy atom. The summed E-state index contributed by atoms with van der Waals surface area (Å²) in [5, 5.41) is 11.1. The van der Waals surface area contributed by atoms with Crippen molar-refractivity contribution in [2.24, 2.45) is 0 Å². The first-order valence-electron chi connectivity index (χ1n) is 5.76. The summed E-state index contributed by atoms with van der Waals surface area (Å²) in [6, 6.07) is 4.68. The second kappa shape index (κ2) is 6.84. The van der Waals surface area contributed by atoms with Gasteiger partial charge in [-0.05, 0) is 31.0 Å². The van der Waals surface area contributed by atoms with Crippen molar-refractivity contribution >= 4 is 11.9 Å². The topological polar surface area (TPSA) is 75.6 Å². The van der Waals surface area contributed by atoms with Crippen molar-refractivity contribution < 1.29 is 23.8 Å². The monoisotopic (exact) mass is 269 g/mol. The molecule has 0 unspecified atom stereocenters. The maximum Gasteiger partial charge on any atom is 0.332 e. The number of aliphatic carboxylic acids is 1. The van der Waals surface area contributed by atoms with Gasteiger partial charge in [0.25, 0.3) is 0 Å². The molecule has 6 heteroatoms. The number of halogens is 1. The van der Waals surface area contributed by atoms with Gasteiger partial charge in [0.2, 0.25) is 5.91 Å². The lowest BCUT2D eigenvalue weighted by Crippen LogP contribution is -2.31. The molecule has 1 aromatic rings. The van der Waals surface area contributed by atoms with E-state index in [2.05, 4.69) is 5.32 Å². The van der Waals surface area contributed by atoms with Gasteiger partial charge < -0.3 is 15.2 Å². The van der Waals surface area contributed by atoms with Gasteiger partial charge in [-0.15, -0.1) is 0 Å². The van der Waals surface area contributed by atoms with Gasteiger partial charge in [0.15, 0.2) is 6.10 Å². The van der Waals surface area contributed by atoms with Gasteiger partial charge in [0, 0.05) is 6.54 Å². The van der Waals surface area contributed by atoms with Crippen molar-refractivity contribution in [1.82, 2.24) is 5.32 Å². The Morgan fingerprint density at radius 1 is 1.47 bits per heavy atom. The summed E-state index contributed by atoms with van der Waals surface area (Å²) >= 11 is 0. The second-order valence-corrected chi connectivity index (χ2v) is 4.15. The molecule has 0 aromatic heterocycles. The van der Waals surface area contributed by atoms with Crippen LogP contribution in [0.25, 0.3) is 0 Å². The van der Waals surface area contributed by atoms with Crippen LogP contribution in [0, 0.1) is 12.7 Å². The predicted molar refractivity (Wildman–Crippen MR) is 66.0 cm³/mol. The molecule has 1 rings (SSSR count). The van der Waals surface area contributed by atoms with Crippen molar-refractivity contribution in [1.29, 1.82) is 0 Å². The van der Waals surface area contributed by atoms with E-state index in [1.54, 1.807) is 19.1 Å². The van der Waals surface area contributed by atoms with Gasteiger partial charge >= 0.3 is 5.97 Å². The number of carbonyl (C=O) groups is 2. The molecule has 5 nitrogen and oxygen atoms in total. The lowest BCUT2D eigenvalue weighted by molar-refractivity contribution is -0.150. The van der Waals surface area contributed by atoms with E-state index in [1.807, 2.05) is 0 Å². The number of rotatable bonds is 6. The first-order valence-corrected chi connectivity index (χ1v) is 5.76. The van der Waals surface area contributed by atoms with E-state index in [0.717, 1.165) is 0 Å². The van der Waals surface area contributed by atoms with Crippen LogP contribution in [0.4, 0.5) is 4.39 Å². The average Bonchev–Trinajstić information content (AvgIpc) is 2.37. The van der Waals surface area contributed by atoms with E-state index in [-0.39, 0.29) is 19.0 Å². The molecular formula is C13H16FNO4. The number of ether oxygens (including phenoxy) is 1. The van der Waals surface area contributed by atoms with Crippen molar-refractivity contribution in [2.45, 2.75) is 26.5 Å². The zero-order valence-corrected chi connectivity index (χ0v) is 10.8. The number of carbonyl (C=O) groups excluding carboxylic acids is 1. The van der Waals surface area contributed by atoms with Gasteiger partial charge in [-0.1, -0.05) is 12.1 Å². The fourth-order valence-electron chi connectivity index (χ4n) is 1.27. The molecule has 104 valence electrons. The highest BCUT2D eigenvalue weighted by atomic mass is 19.1. The number of hydrogen-bond acceptors (Lipinski definition) is 3. The zero-order valence-electron chi connectivity index (χ0n) is 10.8. The molecule has 1 atom stereocenters. The van der Waals surface area contributed by atoms with E-state index >= 15 is 0 Å². The first kappa shape index (κ1) is 15.1. The van der Waals surface area contributed by atoms with E-state index in [9.17, 15) is 14.0 Å². The van der Waals surface area contributed by atoms with Crippen LogP contribution in [0.5, 0.6) is 0 Å². The van der Waals surface area contributed by atoms with Crippen LogP contribution < -0.4 is 5.32 Å². The third-order valence-corrected chi connectivity index (χ3v) is 2.54. The van der Waals surface area contributed by atoms with Crippen LogP contribution in [0.3, 0.4) is 0 Å².